The molecule has 0 unspecified atom stereocenters. The maximum Gasteiger partial charge on any atom is 0.335 e. The lowest BCUT2D eigenvalue weighted by molar-refractivity contribution is -0.384. The van der Waals surface area contributed by atoms with Gasteiger partial charge in [-0.25, -0.2) is 4.79 Å². The van der Waals surface area contributed by atoms with Crippen LogP contribution in [0, 0.1) is 10.1 Å². The number of nitro benzene ring substituents is 1. The van der Waals surface area contributed by atoms with Crippen LogP contribution in [0.25, 0.3) is 0 Å². The highest BCUT2D eigenvalue weighted by Crippen LogP contribution is 2.24. The van der Waals surface area contributed by atoms with Crippen molar-refractivity contribution < 1.29 is 14.8 Å². The molecule has 0 radical (unpaired) electrons. The number of carboxylic acid groups (broad SMARTS) is 1. The van der Waals surface area contributed by atoms with E-state index >= 15 is 0 Å². The van der Waals surface area contributed by atoms with E-state index in [0.717, 1.165) is 5.56 Å². The molecule has 108 valence electrons. The molecule has 6 nitrogen and oxygen atoms in total. The number of rotatable bonds is 5. The zero-order valence-electron chi connectivity index (χ0n) is 10.7. The SMILES string of the molecule is O=C(O)c1ccc(NCc2ccc([N+](=O)[O-])cc2)c(Cl)c1. The number of nitro groups is 1. The van der Waals surface area contributed by atoms with Crippen molar-refractivity contribution in [1.82, 2.24) is 0 Å². The molecule has 0 saturated carbocycles. The minimum atomic E-state index is -1.04. The van der Waals surface area contributed by atoms with Gasteiger partial charge in [-0.1, -0.05) is 23.7 Å². The maximum atomic E-state index is 10.8. The number of nitrogens with one attached hydrogen (secondary N) is 1. The second-order valence-corrected chi connectivity index (χ2v) is 4.68. The molecule has 0 aliphatic carbocycles. The van der Waals surface area contributed by atoms with Gasteiger partial charge in [0.25, 0.3) is 5.69 Å². The average molecular weight is 307 g/mol. The molecule has 0 amide bonds. The fraction of sp³-hybridized carbons (Fsp3) is 0.0714. The summed E-state index contributed by atoms with van der Waals surface area (Å²) in [5.74, 6) is -1.04. The molecule has 0 bridgehead atoms. The van der Waals surface area contributed by atoms with Gasteiger partial charge in [0, 0.05) is 18.7 Å². The van der Waals surface area contributed by atoms with E-state index in [9.17, 15) is 14.9 Å². The Morgan fingerprint density at radius 2 is 1.90 bits per heavy atom. The van der Waals surface area contributed by atoms with E-state index in [0.29, 0.717) is 17.3 Å². The Bertz CT molecular complexity index is 686. The van der Waals surface area contributed by atoms with E-state index in [-0.39, 0.29) is 11.3 Å². The first-order valence-electron chi connectivity index (χ1n) is 5.97. The highest BCUT2D eigenvalue weighted by atomic mass is 35.5. The second-order valence-electron chi connectivity index (χ2n) is 4.28. The lowest BCUT2D eigenvalue weighted by atomic mass is 10.2. The van der Waals surface area contributed by atoms with Gasteiger partial charge in [0.05, 0.1) is 21.2 Å². The van der Waals surface area contributed by atoms with Gasteiger partial charge in [0.15, 0.2) is 0 Å². The number of carboxylic acids is 1. The lowest BCUT2D eigenvalue weighted by Gasteiger charge is -2.09. The summed E-state index contributed by atoms with van der Waals surface area (Å²) < 4.78 is 0. The molecule has 21 heavy (non-hydrogen) atoms. The van der Waals surface area contributed by atoms with Crippen LogP contribution in [0.2, 0.25) is 5.02 Å². The molecule has 2 rings (SSSR count). The van der Waals surface area contributed by atoms with Crippen LogP contribution < -0.4 is 5.32 Å². The largest absolute Gasteiger partial charge is 0.478 e. The van der Waals surface area contributed by atoms with E-state index in [1.165, 1.54) is 24.3 Å². The molecule has 0 fully saturated rings. The van der Waals surface area contributed by atoms with Crippen LogP contribution in [0.1, 0.15) is 15.9 Å². The summed E-state index contributed by atoms with van der Waals surface area (Å²) in [6.45, 7) is 0.421. The summed E-state index contributed by atoms with van der Waals surface area (Å²) in [6.07, 6.45) is 0. The Hall–Kier alpha value is -2.60. The zero-order chi connectivity index (χ0) is 15.4. The van der Waals surface area contributed by atoms with Crippen LogP contribution in [0.4, 0.5) is 11.4 Å². The standard InChI is InChI=1S/C14H11ClN2O4/c15-12-7-10(14(18)19)3-6-13(12)16-8-9-1-4-11(5-2-9)17(20)21/h1-7,16H,8H2,(H,18,19). The quantitative estimate of drug-likeness (QED) is 0.651. The van der Waals surface area contributed by atoms with E-state index in [2.05, 4.69) is 5.32 Å². The average Bonchev–Trinajstić information content (AvgIpc) is 2.46. The summed E-state index contributed by atoms with van der Waals surface area (Å²) in [7, 11) is 0. The van der Waals surface area contributed by atoms with Crippen LogP contribution in [0.5, 0.6) is 0 Å². The summed E-state index contributed by atoms with van der Waals surface area (Å²) in [5.41, 5.74) is 1.59. The van der Waals surface area contributed by atoms with Crippen LogP contribution >= 0.6 is 11.6 Å². The number of non-ortho nitro benzene ring substituents is 1. The monoisotopic (exact) mass is 306 g/mol. The molecule has 2 aromatic rings. The molecule has 0 aliphatic heterocycles. The number of nitrogens with zero attached hydrogens (tertiary/aromatic N) is 1. The van der Waals surface area contributed by atoms with Crippen molar-refractivity contribution in [3.05, 3.63) is 68.7 Å². The summed E-state index contributed by atoms with van der Waals surface area (Å²) in [4.78, 5) is 20.9. The zero-order valence-corrected chi connectivity index (χ0v) is 11.5. The van der Waals surface area contributed by atoms with Crippen molar-refractivity contribution in [3.63, 3.8) is 0 Å². The third-order valence-electron chi connectivity index (χ3n) is 2.85. The Morgan fingerprint density at radius 3 is 2.43 bits per heavy atom. The third-order valence-corrected chi connectivity index (χ3v) is 3.16. The molecule has 7 heteroatoms. The normalized spacial score (nSPS) is 10.1. The lowest BCUT2D eigenvalue weighted by Crippen LogP contribution is -2.02. The molecule has 0 saturated heterocycles. The highest BCUT2D eigenvalue weighted by molar-refractivity contribution is 6.33. The summed E-state index contributed by atoms with van der Waals surface area (Å²) >= 11 is 5.99. The fourth-order valence-electron chi connectivity index (χ4n) is 1.72. The molecular weight excluding hydrogens is 296 g/mol. The van der Waals surface area contributed by atoms with Gasteiger partial charge in [-0.15, -0.1) is 0 Å². The number of halogens is 1. The maximum absolute atomic E-state index is 10.8. The van der Waals surface area contributed by atoms with Gasteiger partial charge >= 0.3 is 5.97 Å². The predicted molar refractivity (Wildman–Crippen MR) is 78.8 cm³/mol. The van der Waals surface area contributed by atoms with Crippen LogP contribution in [0.3, 0.4) is 0 Å². The highest BCUT2D eigenvalue weighted by Gasteiger charge is 2.07. The molecule has 0 spiro atoms. The van der Waals surface area contributed by atoms with Gasteiger partial charge in [-0.05, 0) is 23.8 Å². The van der Waals surface area contributed by atoms with Crippen molar-refractivity contribution in [2.45, 2.75) is 6.54 Å². The predicted octanol–water partition coefficient (Wildman–Crippen LogP) is 3.56. The van der Waals surface area contributed by atoms with Gasteiger partial charge in [-0.2, -0.15) is 0 Å². The first kappa shape index (κ1) is 14.8. The van der Waals surface area contributed by atoms with E-state index in [4.69, 9.17) is 16.7 Å². The number of hydrogen-bond donors (Lipinski definition) is 2. The third kappa shape index (κ3) is 3.70. The first-order valence-corrected chi connectivity index (χ1v) is 6.35. The van der Waals surface area contributed by atoms with Crippen molar-refractivity contribution in [2.75, 3.05) is 5.32 Å². The number of benzene rings is 2. The Kier molecular flexibility index (Phi) is 4.39. The Balaban J connectivity index is 2.06. The van der Waals surface area contributed by atoms with Gasteiger partial charge in [0.1, 0.15) is 0 Å². The van der Waals surface area contributed by atoms with Crippen molar-refractivity contribution >= 4 is 28.9 Å². The number of carbonyl (C=O) groups is 1. The Labute approximate surface area is 125 Å². The Morgan fingerprint density at radius 1 is 1.24 bits per heavy atom. The van der Waals surface area contributed by atoms with E-state index in [1.807, 2.05) is 0 Å². The minimum Gasteiger partial charge on any atom is -0.478 e. The van der Waals surface area contributed by atoms with Crippen molar-refractivity contribution in [2.24, 2.45) is 0 Å². The van der Waals surface area contributed by atoms with Gasteiger partial charge < -0.3 is 10.4 Å². The van der Waals surface area contributed by atoms with Gasteiger partial charge in [0.2, 0.25) is 0 Å². The second kappa shape index (κ2) is 6.23. The topological polar surface area (TPSA) is 92.5 Å². The van der Waals surface area contributed by atoms with Crippen molar-refractivity contribution in [1.29, 1.82) is 0 Å². The number of anilines is 1. The number of aromatic carboxylic acids is 1. The van der Waals surface area contributed by atoms with Crippen LogP contribution in [0.15, 0.2) is 42.5 Å². The van der Waals surface area contributed by atoms with Crippen LogP contribution in [-0.4, -0.2) is 16.0 Å². The minimum absolute atomic E-state index is 0.0302. The molecule has 0 atom stereocenters. The first-order chi connectivity index (χ1) is 9.97. The smallest absolute Gasteiger partial charge is 0.335 e. The number of hydrogen-bond acceptors (Lipinski definition) is 4. The van der Waals surface area contributed by atoms with E-state index < -0.39 is 10.9 Å². The van der Waals surface area contributed by atoms with E-state index in [1.54, 1.807) is 18.2 Å². The molecular formula is C14H11ClN2O4. The molecule has 0 aliphatic rings. The summed E-state index contributed by atoms with van der Waals surface area (Å²) in [5, 5.41) is 22.7. The molecule has 0 aromatic heterocycles. The van der Waals surface area contributed by atoms with Crippen LogP contribution in [-0.2, 0) is 6.54 Å². The van der Waals surface area contributed by atoms with Gasteiger partial charge in [-0.3, -0.25) is 10.1 Å². The van der Waals surface area contributed by atoms with Crippen molar-refractivity contribution in [3.8, 4) is 0 Å². The fourth-order valence-corrected chi connectivity index (χ4v) is 1.97. The molecule has 0 heterocycles. The molecule has 2 aromatic carbocycles. The molecule has 2 N–H and O–H groups in total. The summed E-state index contributed by atoms with van der Waals surface area (Å²) in [6, 6.07) is 10.5.